The predicted octanol–water partition coefficient (Wildman–Crippen LogP) is 4.34. The molecule has 3 fully saturated rings. The molecule has 0 saturated heterocycles. The van der Waals surface area contributed by atoms with Crippen LogP contribution in [0.25, 0.3) is 16.4 Å². The van der Waals surface area contributed by atoms with E-state index in [-0.39, 0.29) is 0 Å². The molecular weight excluding hydrogens is 376 g/mol. The van der Waals surface area contributed by atoms with E-state index in [4.69, 9.17) is 15.2 Å². The largest absolute Gasteiger partial charge is 0.493 e. The van der Waals surface area contributed by atoms with Gasteiger partial charge in [0.15, 0.2) is 0 Å². The number of aromatic nitrogens is 3. The van der Waals surface area contributed by atoms with Crippen molar-refractivity contribution in [1.29, 1.82) is 0 Å². The van der Waals surface area contributed by atoms with E-state index in [0.717, 1.165) is 53.5 Å². The average molecular weight is 400 g/mol. The Labute approximate surface area is 174 Å². The third-order valence-corrected chi connectivity index (χ3v) is 6.92. The fraction of sp³-hybridized carbons (Fsp3) is 0.333. The number of fused-ring (bicyclic) bond motifs is 3. The van der Waals surface area contributed by atoms with E-state index in [2.05, 4.69) is 9.97 Å². The van der Waals surface area contributed by atoms with Gasteiger partial charge in [-0.2, -0.15) is 0 Å². The van der Waals surface area contributed by atoms with Crippen LogP contribution >= 0.6 is 0 Å². The van der Waals surface area contributed by atoms with Gasteiger partial charge in [0.05, 0.1) is 13.2 Å². The standard InChI is InChI=1S/C24H24N4O2/c25-23-20-2-1-3-21(19(20)4-6-27-23)29-14-17-13-24(11-16(17)12-24)15-30-18-5-8-28-9-7-26-22(28)10-18/h1-10,16-17H,11-15H2,(H2,25,27). The van der Waals surface area contributed by atoms with Gasteiger partial charge in [0.2, 0.25) is 0 Å². The number of benzene rings is 1. The molecule has 2 bridgehead atoms. The Balaban J connectivity index is 1.10. The lowest BCUT2D eigenvalue weighted by atomic mass is 9.70. The first-order chi connectivity index (χ1) is 14.7. The molecule has 1 aromatic carbocycles. The molecule has 4 aromatic rings. The van der Waals surface area contributed by atoms with Crippen LogP contribution in [0.2, 0.25) is 0 Å². The van der Waals surface area contributed by atoms with Crippen LogP contribution in [-0.2, 0) is 0 Å². The Kier molecular flexibility index (Phi) is 3.88. The Morgan fingerprint density at radius 3 is 2.87 bits per heavy atom. The van der Waals surface area contributed by atoms with E-state index in [1.807, 2.05) is 53.2 Å². The molecule has 0 aliphatic heterocycles. The highest BCUT2D eigenvalue weighted by Crippen LogP contribution is 2.61. The zero-order valence-corrected chi connectivity index (χ0v) is 16.7. The van der Waals surface area contributed by atoms with Gasteiger partial charge in [0.1, 0.15) is 23.0 Å². The van der Waals surface area contributed by atoms with Crippen molar-refractivity contribution in [1.82, 2.24) is 14.4 Å². The number of pyridine rings is 2. The highest BCUT2D eigenvalue weighted by atomic mass is 16.5. The lowest BCUT2D eigenvalue weighted by Gasteiger charge is -2.38. The molecule has 0 radical (unpaired) electrons. The zero-order chi connectivity index (χ0) is 20.1. The fourth-order valence-electron chi connectivity index (χ4n) is 5.39. The first-order valence-electron chi connectivity index (χ1n) is 10.5. The van der Waals surface area contributed by atoms with Crippen LogP contribution in [0.3, 0.4) is 0 Å². The van der Waals surface area contributed by atoms with Gasteiger partial charge < -0.3 is 19.6 Å². The summed E-state index contributed by atoms with van der Waals surface area (Å²) in [6.07, 6.45) is 11.1. The molecule has 0 amide bonds. The Morgan fingerprint density at radius 1 is 1.00 bits per heavy atom. The zero-order valence-electron chi connectivity index (χ0n) is 16.7. The Bertz CT molecular complexity index is 1230. The molecule has 1 atom stereocenters. The summed E-state index contributed by atoms with van der Waals surface area (Å²) in [5, 5.41) is 1.98. The molecule has 3 aliphatic carbocycles. The summed E-state index contributed by atoms with van der Waals surface area (Å²) < 4.78 is 14.4. The number of hydrogen-bond acceptors (Lipinski definition) is 5. The van der Waals surface area contributed by atoms with Gasteiger partial charge in [-0.05, 0) is 49.3 Å². The summed E-state index contributed by atoms with van der Waals surface area (Å²) in [4.78, 5) is 8.51. The summed E-state index contributed by atoms with van der Waals surface area (Å²) in [5.41, 5.74) is 7.23. The molecule has 2 N–H and O–H groups in total. The summed E-state index contributed by atoms with van der Waals surface area (Å²) in [7, 11) is 0. The number of nitrogen functional groups attached to an aromatic ring is 1. The van der Waals surface area contributed by atoms with Crippen molar-refractivity contribution in [3.63, 3.8) is 0 Å². The molecule has 6 nitrogen and oxygen atoms in total. The smallest absolute Gasteiger partial charge is 0.140 e. The maximum atomic E-state index is 6.27. The van der Waals surface area contributed by atoms with Gasteiger partial charge in [-0.3, -0.25) is 0 Å². The van der Waals surface area contributed by atoms with Crippen LogP contribution in [0.15, 0.2) is 61.2 Å². The highest BCUT2D eigenvalue weighted by Gasteiger charge is 2.56. The van der Waals surface area contributed by atoms with E-state index < -0.39 is 0 Å². The SMILES string of the molecule is Nc1nccc2c(OCC3CC4(COc5ccn6ccnc6c5)CC3C4)cccc12. The van der Waals surface area contributed by atoms with Crippen molar-refractivity contribution in [2.75, 3.05) is 18.9 Å². The number of nitrogens with two attached hydrogens (primary N) is 1. The second kappa shape index (κ2) is 6.62. The van der Waals surface area contributed by atoms with Gasteiger partial charge in [0, 0.05) is 47.0 Å². The van der Waals surface area contributed by atoms with Crippen LogP contribution in [0.4, 0.5) is 5.82 Å². The summed E-state index contributed by atoms with van der Waals surface area (Å²) in [6.45, 7) is 1.52. The maximum Gasteiger partial charge on any atom is 0.140 e. The summed E-state index contributed by atoms with van der Waals surface area (Å²) in [6, 6.07) is 12.0. The molecule has 3 saturated carbocycles. The summed E-state index contributed by atoms with van der Waals surface area (Å²) in [5.74, 6) is 3.66. The van der Waals surface area contributed by atoms with E-state index in [1.54, 1.807) is 12.4 Å². The van der Waals surface area contributed by atoms with Crippen molar-refractivity contribution in [3.05, 3.63) is 61.2 Å². The van der Waals surface area contributed by atoms with Crippen molar-refractivity contribution >= 4 is 22.2 Å². The lowest BCUT2D eigenvalue weighted by molar-refractivity contribution is 0.0657. The molecule has 1 unspecified atom stereocenters. The van der Waals surface area contributed by atoms with Crippen molar-refractivity contribution in [3.8, 4) is 11.5 Å². The minimum atomic E-state index is 0.299. The minimum Gasteiger partial charge on any atom is -0.493 e. The summed E-state index contributed by atoms with van der Waals surface area (Å²) >= 11 is 0. The molecule has 3 heterocycles. The molecule has 30 heavy (non-hydrogen) atoms. The van der Waals surface area contributed by atoms with Gasteiger partial charge in [-0.25, -0.2) is 9.97 Å². The number of nitrogens with zero attached hydrogens (tertiary/aromatic N) is 3. The highest BCUT2D eigenvalue weighted by molar-refractivity contribution is 5.94. The number of imidazole rings is 1. The molecule has 3 aliphatic rings. The molecule has 6 heteroatoms. The van der Waals surface area contributed by atoms with Crippen LogP contribution in [-0.4, -0.2) is 27.6 Å². The van der Waals surface area contributed by atoms with Crippen LogP contribution in [0, 0.1) is 17.3 Å². The number of anilines is 1. The predicted molar refractivity (Wildman–Crippen MR) is 116 cm³/mol. The Hall–Kier alpha value is -3.28. The normalized spacial score (nSPS) is 24.8. The second-order valence-corrected chi connectivity index (χ2v) is 8.83. The van der Waals surface area contributed by atoms with Crippen molar-refractivity contribution in [2.45, 2.75) is 19.3 Å². The van der Waals surface area contributed by atoms with E-state index in [9.17, 15) is 0 Å². The first kappa shape index (κ1) is 17.6. The van der Waals surface area contributed by atoms with Crippen molar-refractivity contribution in [2.24, 2.45) is 17.3 Å². The molecular formula is C24H24N4O2. The number of rotatable bonds is 6. The molecule has 152 valence electrons. The second-order valence-electron chi connectivity index (χ2n) is 8.83. The van der Waals surface area contributed by atoms with Gasteiger partial charge >= 0.3 is 0 Å². The van der Waals surface area contributed by atoms with E-state index in [1.165, 1.54) is 12.8 Å². The average Bonchev–Trinajstić information content (AvgIpc) is 3.43. The molecule has 3 aromatic heterocycles. The topological polar surface area (TPSA) is 74.7 Å². The molecule has 0 spiro atoms. The van der Waals surface area contributed by atoms with E-state index in [0.29, 0.717) is 17.2 Å². The monoisotopic (exact) mass is 400 g/mol. The van der Waals surface area contributed by atoms with Gasteiger partial charge in [0.25, 0.3) is 0 Å². The number of ether oxygens (including phenoxy) is 2. The van der Waals surface area contributed by atoms with Crippen LogP contribution in [0.1, 0.15) is 19.3 Å². The maximum absolute atomic E-state index is 6.27. The van der Waals surface area contributed by atoms with Gasteiger partial charge in [-0.1, -0.05) is 12.1 Å². The van der Waals surface area contributed by atoms with Crippen molar-refractivity contribution < 1.29 is 9.47 Å². The first-order valence-corrected chi connectivity index (χ1v) is 10.5. The lowest BCUT2D eigenvalue weighted by Crippen LogP contribution is -2.34. The molecule has 7 rings (SSSR count). The third-order valence-electron chi connectivity index (χ3n) is 6.92. The van der Waals surface area contributed by atoms with E-state index >= 15 is 0 Å². The number of hydrogen-bond donors (Lipinski definition) is 1. The Morgan fingerprint density at radius 2 is 1.93 bits per heavy atom. The third kappa shape index (κ3) is 2.86. The fourth-order valence-corrected chi connectivity index (χ4v) is 5.39. The van der Waals surface area contributed by atoms with Crippen LogP contribution < -0.4 is 15.2 Å². The quantitative estimate of drug-likeness (QED) is 0.521. The minimum absolute atomic E-state index is 0.299. The van der Waals surface area contributed by atoms with Gasteiger partial charge in [-0.15, -0.1) is 0 Å². The van der Waals surface area contributed by atoms with Crippen LogP contribution in [0.5, 0.6) is 11.5 Å².